The fraction of sp³-hybridized carbons (Fsp3) is 0.905. The molecule has 0 aromatic rings. The van der Waals surface area contributed by atoms with Crippen molar-refractivity contribution >= 4 is 0 Å². The van der Waals surface area contributed by atoms with Crippen LogP contribution in [0.25, 0.3) is 0 Å². The summed E-state index contributed by atoms with van der Waals surface area (Å²) in [7, 11) is 5.25. The van der Waals surface area contributed by atoms with E-state index in [2.05, 4.69) is 27.4 Å². The van der Waals surface area contributed by atoms with Gasteiger partial charge in [-0.05, 0) is 32.6 Å². The molecule has 3 nitrogen and oxygen atoms in total. The van der Waals surface area contributed by atoms with Gasteiger partial charge < -0.3 is 14.2 Å². The van der Waals surface area contributed by atoms with Crippen molar-refractivity contribution in [1.82, 2.24) is 0 Å². The SMILES string of the molecule is C=CCC.CCCCCCCCC(CCCOC)C(C)(OC)OC. The molecule has 0 N–H and O–H groups in total. The van der Waals surface area contributed by atoms with Crippen molar-refractivity contribution in [3.63, 3.8) is 0 Å². The highest BCUT2D eigenvalue weighted by molar-refractivity contribution is 4.75. The van der Waals surface area contributed by atoms with Crippen LogP contribution in [0.15, 0.2) is 12.7 Å². The number of rotatable bonds is 15. The molecule has 1 atom stereocenters. The van der Waals surface area contributed by atoms with Crippen molar-refractivity contribution in [2.75, 3.05) is 27.9 Å². The summed E-state index contributed by atoms with van der Waals surface area (Å²) >= 11 is 0. The van der Waals surface area contributed by atoms with E-state index in [1.165, 1.54) is 44.9 Å². The number of methoxy groups -OCH3 is 3. The molecule has 0 fully saturated rings. The topological polar surface area (TPSA) is 27.7 Å². The maximum absolute atomic E-state index is 5.61. The van der Waals surface area contributed by atoms with Crippen LogP contribution in [0.5, 0.6) is 0 Å². The number of hydrogen-bond acceptors (Lipinski definition) is 3. The van der Waals surface area contributed by atoms with Gasteiger partial charge in [0.1, 0.15) is 0 Å². The summed E-state index contributed by atoms with van der Waals surface area (Å²) in [6.45, 7) is 10.7. The van der Waals surface area contributed by atoms with Gasteiger partial charge in [-0.3, -0.25) is 0 Å². The molecule has 0 aromatic heterocycles. The molecule has 1 unspecified atom stereocenters. The quantitative estimate of drug-likeness (QED) is 0.196. The van der Waals surface area contributed by atoms with Crippen LogP contribution >= 0.6 is 0 Å². The predicted molar refractivity (Wildman–Crippen MR) is 106 cm³/mol. The molecule has 0 saturated carbocycles. The van der Waals surface area contributed by atoms with Crippen LogP contribution in [0, 0.1) is 5.92 Å². The first-order chi connectivity index (χ1) is 11.6. The van der Waals surface area contributed by atoms with Gasteiger partial charge in [-0.15, -0.1) is 6.58 Å². The van der Waals surface area contributed by atoms with E-state index >= 15 is 0 Å². The Bertz CT molecular complexity index is 249. The Morgan fingerprint density at radius 3 is 1.83 bits per heavy atom. The molecule has 0 saturated heterocycles. The lowest BCUT2D eigenvalue weighted by Crippen LogP contribution is -2.39. The minimum atomic E-state index is -0.461. The minimum absolute atomic E-state index is 0.443. The Labute approximate surface area is 152 Å². The fourth-order valence-corrected chi connectivity index (χ4v) is 2.73. The van der Waals surface area contributed by atoms with Gasteiger partial charge in [0.15, 0.2) is 5.79 Å². The zero-order chi connectivity index (χ0) is 18.7. The van der Waals surface area contributed by atoms with Gasteiger partial charge in [0.25, 0.3) is 0 Å². The summed E-state index contributed by atoms with van der Waals surface area (Å²) < 4.78 is 16.4. The van der Waals surface area contributed by atoms with Gasteiger partial charge in [-0.2, -0.15) is 0 Å². The van der Waals surface area contributed by atoms with E-state index in [0.29, 0.717) is 5.92 Å². The Morgan fingerprint density at radius 2 is 1.38 bits per heavy atom. The van der Waals surface area contributed by atoms with E-state index in [1.54, 1.807) is 21.3 Å². The molecule has 24 heavy (non-hydrogen) atoms. The molecule has 3 heteroatoms. The monoisotopic (exact) mass is 344 g/mol. The average Bonchev–Trinajstić information content (AvgIpc) is 2.62. The average molecular weight is 345 g/mol. The molecule has 0 amide bonds. The van der Waals surface area contributed by atoms with Crippen molar-refractivity contribution in [1.29, 1.82) is 0 Å². The van der Waals surface area contributed by atoms with Crippen LogP contribution in [-0.4, -0.2) is 33.7 Å². The van der Waals surface area contributed by atoms with Gasteiger partial charge in [0.05, 0.1) is 0 Å². The van der Waals surface area contributed by atoms with E-state index in [4.69, 9.17) is 14.2 Å². The summed E-state index contributed by atoms with van der Waals surface area (Å²) in [6.07, 6.45) is 14.3. The molecule has 0 aromatic carbocycles. The van der Waals surface area contributed by atoms with Crippen molar-refractivity contribution < 1.29 is 14.2 Å². The molecule has 0 bridgehead atoms. The highest BCUT2D eigenvalue weighted by Crippen LogP contribution is 2.31. The summed E-state index contributed by atoms with van der Waals surface area (Å²) in [5.41, 5.74) is 0. The zero-order valence-electron chi connectivity index (χ0n) is 17.4. The van der Waals surface area contributed by atoms with Gasteiger partial charge >= 0.3 is 0 Å². The second-order valence-electron chi connectivity index (χ2n) is 6.51. The van der Waals surface area contributed by atoms with Gasteiger partial charge in [0, 0.05) is 33.9 Å². The zero-order valence-corrected chi connectivity index (χ0v) is 17.4. The first-order valence-electron chi connectivity index (χ1n) is 9.76. The van der Waals surface area contributed by atoms with Crippen LogP contribution in [0.3, 0.4) is 0 Å². The Morgan fingerprint density at radius 1 is 0.875 bits per heavy atom. The molecular formula is C21H44O3. The van der Waals surface area contributed by atoms with Crippen LogP contribution in [0.2, 0.25) is 0 Å². The Hall–Kier alpha value is -0.380. The van der Waals surface area contributed by atoms with Gasteiger partial charge in [-0.25, -0.2) is 0 Å². The fourth-order valence-electron chi connectivity index (χ4n) is 2.73. The Balaban J connectivity index is 0. The van der Waals surface area contributed by atoms with Crippen molar-refractivity contribution in [3.8, 4) is 0 Å². The molecule has 0 aliphatic carbocycles. The number of hydrogen-bond donors (Lipinski definition) is 0. The normalized spacial score (nSPS) is 12.4. The van der Waals surface area contributed by atoms with Crippen LogP contribution in [-0.2, 0) is 14.2 Å². The lowest BCUT2D eigenvalue weighted by Gasteiger charge is -2.35. The van der Waals surface area contributed by atoms with Crippen molar-refractivity contribution in [2.45, 2.75) is 90.8 Å². The number of ether oxygens (including phenoxy) is 3. The van der Waals surface area contributed by atoms with Crippen LogP contribution in [0.1, 0.15) is 85.0 Å². The van der Waals surface area contributed by atoms with E-state index in [-0.39, 0.29) is 0 Å². The minimum Gasteiger partial charge on any atom is -0.385 e. The molecule has 146 valence electrons. The molecular weight excluding hydrogens is 300 g/mol. The lowest BCUT2D eigenvalue weighted by atomic mass is 9.88. The van der Waals surface area contributed by atoms with E-state index < -0.39 is 5.79 Å². The third kappa shape index (κ3) is 14.0. The second kappa shape index (κ2) is 19.0. The molecule has 0 aliphatic heterocycles. The van der Waals surface area contributed by atoms with Crippen LogP contribution in [0.4, 0.5) is 0 Å². The molecule has 0 rings (SSSR count). The van der Waals surface area contributed by atoms with Crippen molar-refractivity contribution in [2.24, 2.45) is 5.92 Å². The largest absolute Gasteiger partial charge is 0.385 e. The number of allylic oxidation sites excluding steroid dienone is 1. The summed E-state index contributed by atoms with van der Waals surface area (Å²) in [4.78, 5) is 0. The predicted octanol–water partition coefficient (Wildman–Crippen LogP) is 6.37. The van der Waals surface area contributed by atoms with E-state index in [9.17, 15) is 0 Å². The van der Waals surface area contributed by atoms with Gasteiger partial charge in [0.2, 0.25) is 0 Å². The van der Waals surface area contributed by atoms with Crippen molar-refractivity contribution in [3.05, 3.63) is 12.7 Å². The Kier molecular flexibility index (Phi) is 20.4. The second-order valence-corrected chi connectivity index (χ2v) is 6.51. The third-order valence-electron chi connectivity index (χ3n) is 4.65. The highest BCUT2D eigenvalue weighted by Gasteiger charge is 2.33. The molecule has 0 aliphatic rings. The van der Waals surface area contributed by atoms with Crippen LogP contribution < -0.4 is 0 Å². The summed E-state index contributed by atoms with van der Waals surface area (Å²) in [5.74, 6) is -0.0178. The standard InChI is InChI=1S/C17H36O3.C4H8/c1-6-7-8-9-10-11-13-16(14-12-15-18-3)17(2,19-4)20-5;1-3-4-2/h16H,6-15H2,1-5H3;3H,1,4H2,2H3. The lowest BCUT2D eigenvalue weighted by molar-refractivity contribution is -0.230. The first-order valence-corrected chi connectivity index (χ1v) is 9.76. The van der Waals surface area contributed by atoms with E-state index in [1.807, 2.05) is 6.08 Å². The number of unbranched alkanes of at least 4 members (excludes halogenated alkanes) is 5. The highest BCUT2D eigenvalue weighted by atomic mass is 16.7. The smallest absolute Gasteiger partial charge is 0.167 e. The third-order valence-corrected chi connectivity index (χ3v) is 4.65. The molecule has 0 heterocycles. The maximum atomic E-state index is 5.61. The summed E-state index contributed by atoms with van der Waals surface area (Å²) in [5, 5.41) is 0. The maximum Gasteiger partial charge on any atom is 0.167 e. The first kappa shape index (κ1) is 25.9. The van der Waals surface area contributed by atoms with Gasteiger partial charge in [-0.1, -0.05) is 58.4 Å². The summed E-state index contributed by atoms with van der Waals surface area (Å²) in [6, 6.07) is 0. The molecule has 0 radical (unpaired) electrons. The van der Waals surface area contributed by atoms with E-state index in [0.717, 1.165) is 25.9 Å². The molecule has 0 spiro atoms.